The van der Waals surface area contributed by atoms with E-state index in [0.29, 0.717) is 12.1 Å². The van der Waals surface area contributed by atoms with E-state index >= 15 is 0 Å². The van der Waals surface area contributed by atoms with Crippen molar-refractivity contribution in [3.05, 3.63) is 89.4 Å². The fraction of sp³-hybridized carbons (Fsp3) is 0.136. The fourth-order valence-corrected chi connectivity index (χ4v) is 3.23. The van der Waals surface area contributed by atoms with Gasteiger partial charge in [-0.3, -0.25) is 0 Å². The van der Waals surface area contributed by atoms with Crippen LogP contribution >= 0.6 is 0 Å². The number of carbonyl (C=O) groups excluding carboxylic acids is 1. The summed E-state index contributed by atoms with van der Waals surface area (Å²) in [7, 11) is 1.36. The van der Waals surface area contributed by atoms with Crippen LogP contribution in [-0.2, 0) is 11.2 Å². The van der Waals surface area contributed by atoms with E-state index in [2.05, 4.69) is 23.2 Å². The van der Waals surface area contributed by atoms with Crippen molar-refractivity contribution in [2.75, 3.05) is 7.11 Å². The van der Waals surface area contributed by atoms with Crippen molar-refractivity contribution in [3.8, 4) is 11.3 Å². The Labute approximate surface area is 157 Å². The number of aromatic nitrogens is 3. The molecule has 3 heterocycles. The Morgan fingerprint density at radius 2 is 1.78 bits per heavy atom. The molecule has 134 valence electrons. The van der Waals surface area contributed by atoms with Gasteiger partial charge < -0.3 is 4.74 Å². The van der Waals surface area contributed by atoms with Crippen LogP contribution in [0, 0.1) is 6.92 Å². The molecule has 0 fully saturated rings. The van der Waals surface area contributed by atoms with Gasteiger partial charge in [0.1, 0.15) is 5.69 Å². The number of rotatable bonds is 4. The molecule has 5 nitrogen and oxygen atoms in total. The molecule has 3 aromatic heterocycles. The Hall–Kier alpha value is -3.47. The largest absolute Gasteiger partial charge is 0.464 e. The molecule has 0 saturated heterocycles. The molecule has 0 aliphatic rings. The van der Waals surface area contributed by atoms with Crippen molar-refractivity contribution >= 4 is 11.5 Å². The van der Waals surface area contributed by atoms with E-state index < -0.39 is 5.97 Å². The molecule has 0 spiro atoms. The molecule has 0 bridgehead atoms. The van der Waals surface area contributed by atoms with Crippen LogP contribution in [0.15, 0.2) is 66.7 Å². The van der Waals surface area contributed by atoms with Crippen LogP contribution in [-0.4, -0.2) is 27.7 Å². The van der Waals surface area contributed by atoms with E-state index in [0.717, 1.165) is 33.7 Å². The van der Waals surface area contributed by atoms with Crippen molar-refractivity contribution < 1.29 is 9.53 Å². The monoisotopic (exact) mass is 357 g/mol. The van der Waals surface area contributed by atoms with Crippen molar-refractivity contribution in [3.63, 3.8) is 0 Å². The number of benzene rings is 1. The molecule has 0 amide bonds. The highest BCUT2D eigenvalue weighted by Gasteiger charge is 2.17. The fourth-order valence-electron chi connectivity index (χ4n) is 3.23. The predicted molar refractivity (Wildman–Crippen MR) is 104 cm³/mol. The van der Waals surface area contributed by atoms with Crippen molar-refractivity contribution in [1.82, 2.24) is 14.6 Å². The average molecular weight is 357 g/mol. The Morgan fingerprint density at radius 3 is 2.56 bits per heavy atom. The molecule has 4 rings (SSSR count). The number of pyridine rings is 2. The van der Waals surface area contributed by atoms with Gasteiger partial charge in [0.15, 0.2) is 0 Å². The molecule has 27 heavy (non-hydrogen) atoms. The first-order valence-corrected chi connectivity index (χ1v) is 8.74. The zero-order chi connectivity index (χ0) is 18.8. The molecule has 0 unspecified atom stereocenters. The maximum Gasteiger partial charge on any atom is 0.356 e. The molecule has 0 aliphatic heterocycles. The maximum absolute atomic E-state index is 11.8. The first-order valence-electron chi connectivity index (χ1n) is 8.74. The minimum Gasteiger partial charge on any atom is -0.464 e. The summed E-state index contributed by atoms with van der Waals surface area (Å²) in [6.45, 7) is 2.04. The number of fused-ring (bicyclic) bond motifs is 1. The van der Waals surface area contributed by atoms with Gasteiger partial charge in [-0.05, 0) is 31.2 Å². The second-order valence-corrected chi connectivity index (χ2v) is 6.34. The van der Waals surface area contributed by atoms with E-state index in [4.69, 9.17) is 9.84 Å². The van der Waals surface area contributed by atoms with Gasteiger partial charge in [0.25, 0.3) is 0 Å². The summed E-state index contributed by atoms with van der Waals surface area (Å²) in [5.74, 6) is -0.434. The van der Waals surface area contributed by atoms with Crippen molar-refractivity contribution in [2.45, 2.75) is 13.3 Å². The standard InChI is InChI=1S/C22H19N3O2/c1-15-8-6-13-20-18(14-17-11-7-12-19(23-17)22(26)27-2)21(24-25(15)20)16-9-4-3-5-10-16/h3-13H,14H2,1-2H3. The highest BCUT2D eigenvalue weighted by molar-refractivity contribution is 5.87. The van der Waals surface area contributed by atoms with Gasteiger partial charge in [0.05, 0.1) is 18.3 Å². The number of ether oxygens (including phenoxy) is 1. The maximum atomic E-state index is 11.8. The number of hydrogen-bond donors (Lipinski definition) is 0. The normalized spacial score (nSPS) is 10.9. The molecule has 5 heteroatoms. The van der Waals surface area contributed by atoms with Crippen LogP contribution in [0.2, 0.25) is 0 Å². The highest BCUT2D eigenvalue weighted by Crippen LogP contribution is 2.28. The number of aryl methyl sites for hydroxylation is 1. The number of nitrogens with zero attached hydrogens (tertiary/aromatic N) is 3. The number of esters is 1. The van der Waals surface area contributed by atoms with Crippen LogP contribution in [0.25, 0.3) is 16.8 Å². The Balaban J connectivity index is 1.86. The molecule has 0 saturated carbocycles. The lowest BCUT2D eigenvalue weighted by atomic mass is 10.0. The minimum atomic E-state index is -0.434. The third-order valence-electron chi connectivity index (χ3n) is 4.56. The average Bonchev–Trinajstić information content (AvgIpc) is 3.08. The summed E-state index contributed by atoms with van der Waals surface area (Å²) in [6, 6.07) is 21.6. The second kappa shape index (κ2) is 7.03. The van der Waals surface area contributed by atoms with E-state index in [1.165, 1.54) is 7.11 Å². The van der Waals surface area contributed by atoms with Crippen molar-refractivity contribution in [1.29, 1.82) is 0 Å². The SMILES string of the molecule is COC(=O)c1cccc(Cc2c(-c3ccccc3)nn3c(C)cccc23)n1. The predicted octanol–water partition coefficient (Wildman–Crippen LogP) is 4.08. The summed E-state index contributed by atoms with van der Waals surface area (Å²) in [5, 5.41) is 4.85. The third-order valence-corrected chi connectivity index (χ3v) is 4.56. The van der Waals surface area contributed by atoms with Gasteiger partial charge in [0.2, 0.25) is 0 Å². The van der Waals surface area contributed by atoms with Gasteiger partial charge in [-0.1, -0.05) is 42.5 Å². The van der Waals surface area contributed by atoms with Gasteiger partial charge >= 0.3 is 5.97 Å². The first-order chi connectivity index (χ1) is 13.2. The Kier molecular flexibility index (Phi) is 4.42. The summed E-state index contributed by atoms with van der Waals surface area (Å²) in [6.07, 6.45) is 0.571. The Bertz CT molecular complexity index is 1120. The zero-order valence-corrected chi connectivity index (χ0v) is 15.2. The summed E-state index contributed by atoms with van der Waals surface area (Å²) < 4.78 is 6.75. The van der Waals surface area contributed by atoms with Gasteiger partial charge in [-0.25, -0.2) is 14.3 Å². The lowest BCUT2D eigenvalue weighted by Crippen LogP contribution is -2.06. The van der Waals surface area contributed by atoms with Crippen LogP contribution < -0.4 is 0 Å². The first kappa shape index (κ1) is 17.0. The molecule has 0 radical (unpaired) electrons. The summed E-state index contributed by atoms with van der Waals surface area (Å²) in [5.41, 5.74) is 6.27. The van der Waals surface area contributed by atoms with Crippen LogP contribution in [0.3, 0.4) is 0 Å². The van der Waals surface area contributed by atoms with E-state index in [1.807, 2.05) is 53.9 Å². The summed E-state index contributed by atoms with van der Waals surface area (Å²) >= 11 is 0. The Morgan fingerprint density at radius 1 is 1.00 bits per heavy atom. The molecule has 0 aliphatic carbocycles. The second-order valence-electron chi connectivity index (χ2n) is 6.34. The van der Waals surface area contributed by atoms with Crippen LogP contribution in [0.5, 0.6) is 0 Å². The zero-order valence-electron chi connectivity index (χ0n) is 15.2. The number of methoxy groups -OCH3 is 1. The quantitative estimate of drug-likeness (QED) is 0.516. The van der Waals surface area contributed by atoms with E-state index in [1.54, 1.807) is 6.07 Å². The van der Waals surface area contributed by atoms with E-state index in [9.17, 15) is 4.79 Å². The van der Waals surface area contributed by atoms with E-state index in [-0.39, 0.29) is 0 Å². The van der Waals surface area contributed by atoms with Crippen molar-refractivity contribution in [2.24, 2.45) is 0 Å². The molecule has 0 N–H and O–H groups in total. The minimum absolute atomic E-state index is 0.309. The molecular weight excluding hydrogens is 338 g/mol. The molecule has 1 aromatic carbocycles. The molecule has 4 aromatic rings. The lowest BCUT2D eigenvalue weighted by molar-refractivity contribution is 0.0593. The highest BCUT2D eigenvalue weighted by atomic mass is 16.5. The van der Waals surface area contributed by atoms with Gasteiger partial charge in [-0.2, -0.15) is 5.10 Å². The van der Waals surface area contributed by atoms with Crippen LogP contribution in [0.1, 0.15) is 27.4 Å². The van der Waals surface area contributed by atoms with Crippen LogP contribution in [0.4, 0.5) is 0 Å². The van der Waals surface area contributed by atoms with Gasteiger partial charge in [-0.15, -0.1) is 0 Å². The lowest BCUT2D eigenvalue weighted by Gasteiger charge is -2.05. The number of hydrogen-bond acceptors (Lipinski definition) is 4. The summed E-state index contributed by atoms with van der Waals surface area (Å²) in [4.78, 5) is 16.3. The topological polar surface area (TPSA) is 56.5 Å². The molecule has 0 atom stereocenters. The smallest absolute Gasteiger partial charge is 0.356 e. The number of carbonyl (C=O) groups is 1. The molecular formula is C22H19N3O2. The van der Waals surface area contributed by atoms with Gasteiger partial charge in [0, 0.05) is 28.9 Å². The third kappa shape index (κ3) is 3.19.